The lowest BCUT2D eigenvalue weighted by Crippen LogP contribution is -2.08. The molecule has 0 bridgehead atoms. The van der Waals surface area contributed by atoms with E-state index in [1.807, 2.05) is 17.7 Å². The summed E-state index contributed by atoms with van der Waals surface area (Å²) in [6.45, 7) is 1.86. The zero-order valence-electron chi connectivity index (χ0n) is 11.7. The number of aryl methyl sites for hydroxylation is 1. The van der Waals surface area contributed by atoms with Gasteiger partial charge in [-0.15, -0.1) is 0 Å². The van der Waals surface area contributed by atoms with Crippen LogP contribution in [0.4, 0.5) is 24.8 Å². The molecule has 1 N–H and O–H groups in total. The van der Waals surface area contributed by atoms with Crippen molar-refractivity contribution in [3.63, 3.8) is 0 Å². The minimum atomic E-state index is -1.46. The fourth-order valence-electron chi connectivity index (χ4n) is 2.83. The van der Waals surface area contributed by atoms with E-state index in [0.29, 0.717) is 12.0 Å². The number of imidazole rings is 1. The lowest BCUT2D eigenvalue weighted by atomic mass is 10.2. The van der Waals surface area contributed by atoms with Crippen molar-refractivity contribution < 1.29 is 13.2 Å². The third-order valence-electron chi connectivity index (χ3n) is 3.81. The summed E-state index contributed by atoms with van der Waals surface area (Å²) in [5.74, 6) is -3.36. The molecule has 1 aromatic heterocycles. The predicted octanol–water partition coefficient (Wildman–Crippen LogP) is 4.47. The van der Waals surface area contributed by atoms with E-state index < -0.39 is 17.5 Å². The number of benzene rings is 1. The molecule has 0 aliphatic heterocycles. The van der Waals surface area contributed by atoms with E-state index >= 15 is 0 Å². The van der Waals surface area contributed by atoms with Crippen LogP contribution in [0.3, 0.4) is 0 Å². The minimum absolute atomic E-state index is 0.149. The summed E-state index contributed by atoms with van der Waals surface area (Å²) in [7, 11) is 0. The first kappa shape index (κ1) is 14.0. The molecule has 1 aliphatic rings. The molecule has 0 saturated heterocycles. The van der Waals surface area contributed by atoms with Gasteiger partial charge in [-0.05, 0) is 19.8 Å². The Morgan fingerprint density at radius 1 is 1.14 bits per heavy atom. The molecule has 2 aromatic rings. The van der Waals surface area contributed by atoms with Crippen LogP contribution in [-0.2, 0) is 0 Å². The molecular formula is C15H16F3N3. The van der Waals surface area contributed by atoms with Gasteiger partial charge in [-0.3, -0.25) is 0 Å². The maximum Gasteiger partial charge on any atom is 0.207 e. The maximum atomic E-state index is 13.3. The van der Waals surface area contributed by atoms with E-state index in [2.05, 4.69) is 10.3 Å². The average molecular weight is 295 g/mol. The number of hydrogen-bond donors (Lipinski definition) is 1. The van der Waals surface area contributed by atoms with Gasteiger partial charge in [0.25, 0.3) is 0 Å². The van der Waals surface area contributed by atoms with Crippen LogP contribution in [0.25, 0.3) is 0 Å². The Morgan fingerprint density at radius 3 is 2.38 bits per heavy atom. The highest BCUT2D eigenvalue weighted by Gasteiger charge is 2.20. The molecule has 1 aromatic carbocycles. The summed E-state index contributed by atoms with van der Waals surface area (Å²) >= 11 is 0. The largest absolute Gasteiger partial charge is 0.325 e. The molecule has 0 radical (unpaired) electrons. The van der Waals surface area contributed by atoms with E-state index in [9.17, 15) is 13.2 Å². The molecular weight excluding hydrogens is 279 g/mol. The zero-order chi connectivity index (χ0) is 15.0. The van der Waals surface area contributed by atoms with E-state index in [4.69, 9.17) is 0 Å². The van der Waals surface area contributed by atoms with Gasteiger partial charge in [0.15, 0.2) is 17.5 Å². The van der Waals surface area contributed by atoms with Crippen LogP contribution in [0.1, 0.15) is 37.4 Å². The van der Waals surface area contributed by atoms with Gasteiger partial charge in [0.05, 0.1) is 5.69 Å². The van der Waals surface area contributed by atoms with Crippen LogP contribution in [0.2, 0.25) is 0 Å². The molecule has 112 valence electrons. The first-order valence-electron chi connectivity index (χ1n) is 7.01. The third-order valence-corrected chi connectivity index (χ3v) is 3.81. The molecule has 3 rings (SSSR count). The van der Waals surface area contributed by atoms with E-state index in [0.717, 1.165) is 30.7 Å². The standard InChI is InChI=1S/C15H16F3N3/c1-9-8-21(11-4-2-3-5-11)15(19-9)20-10-6-12(16)14(18)13(17)7-10/h6-8,11H,2-5H2,1H3,(H,19,20). The summed E-state index contributed by atoms with van der Waals surface area (Å²) < 4.78 is 41.5. The first-order valence-corrected chi connectivity index (χ1v) is 7.01. The third kappa shape index (κ3) is 2.75. The fourth-order valence-corrected chi connectivity index (χ4v) is 2.83. The Bertz CT molecular complexity index is 637. The van der Waals surface area contributed by atoms with Crippen LogP contribution in [0.5, 0.6) is 0 Å². The molecule has 21 heavy (non-hydrogen) atoms. The lowest BCUT2D eigenvalue weighted by Gasteiger charge is -2.15. The Hall–Kier alpha value is -1.98. The van der Waals surface area contributed by atoms with Crippen molar-refractivity contribution in [3.05, 3.63) is 41.5 Å². The molecule has 1 aliphatic carbocycles. The number of halogens is 3. The molecule has 0 spiro atoms. The number of hydrogen-bond acceptors (Lipinski definition) is 2. The van der Waals surface area contributed by atoms with Gasteiger partial charge in [-0.25, -0.2) is 18.2 Å². The highest BCUT2D eigenvalue weighted by atomic mass is 19.2. The number of nitrogens with one attached hydrogen (secondary N) is 1. The minimum Gasteiger partial charge on any atom is -0.325 e. The van der Waals surface area contributed by atoms with Crippen LogP contribution < -0.4 is 5.32 Å². The molecule has 0 atom stereocenters. The van der Waals surface area contributed by atoms with Crippen molar-refractivity contribution in [1.82, 2.24) is 9.55 Å². The van der Waals surface area contributed by atoms with Crippen molar-refractivity contribution in [2.45, 2.75) is 38.6 Å². The summed E-state index contributed by atoms with van der Waals surface area (Å²) in [6, 6.07) is 2.21. The second-order valence-electron chi connectivity index (χ2n) is 5.43. The topological polar surface area (TPSA) is 29.9 Å². The van der Waals surface area contributed by atoms with Crippen molar-refractivity contribution in [1.29, 1.82) is 0 Å². The van der Waals surface area contributed by atoms with E-state index in [1.165, 1.54) is 12.8 Å². The zero-order valence-corrected chi connectivity index (χ0v) is 11.7. The second kappa shape index (κ2) is 5.42. The number of anilines is 2. The quantitative estimate of drug-likeness (QED) is 0.847. The van der Waals surface area contributed by atoms with Gasteiger partial charge in [0.1, 0.15) is 0 Å². The van der Waals surface area contributed by atoms with Crippen LogP contribution >= 0.6 is 0 Å². The predicted molar refractivity (Wildman–Crippen MR) is 74.1 cm³/mol. The average Bonchev–Trinajstić information content (AvgIpc) is 3.05. The molecule has 1 fully saturated rings. The van der Waals surface area contributed by atoms with Crippen molar-refractivity contribution in [3.8, 4) is 0 Å². The molecule has 0 amide bonds. The van der Waals surface area contributed by atoms with Gasteiger partial charge in [-0.1, -0.05) is 12.8 Å². The monoisotopic (exact) mass is 295 g/mol. The highest BCUT2D eigenvalue weighted by molar-refractivity contribution is 5.54. The van der Waals surface area contributed by atoms with Gasteiger partial charge in [0, 0.05) is 30.1 Å². The van der Waals surface area contributed by atoms with Gasteiger partial charge in [-0.2, -0.15) is 0 Å². The summed E-state index contributed by atoms with van der Waals surface area (Å²) in [5, 5.41) is 2.88. The van der Waals surface area contributed by atoms with Crippen molar-refractivity contribution >= 4 is 11.6 Å². The van der Waals surface area contributed by atoms with Gasteiger partial charge >= 0.3 is 0 Å². The van der Waals surface area contributed by atoms with Gasteiger partial charge in [0.2, 0.25) is 5.95 Å². The molecule has 0 unspecified atom stereocenters. The SMILES string of the molecule is Cc1cn(C2CCCC2)c(Nc2cc(F)c(F)c(F)c2)n1. The fraction of sp³-hybridized carbons (Fsp3) is 0.400. The van der Waals surface area contributed by atoms with Crippen molar-refractivity contribution in [2.24, 2.45) is 0 Å². The molecule has 1 saturated carbocycles. The van der Waals surface area contributed by atoms with Crippen LogP contribution in [0, 0.1) is 24.4 Å². The summed E-state index contributed by atoms with van der Waals surface area (Å²) in [6.07, 6.45) is 6.39. The lowest BCUT2D eigenvalue weighted by molar-refractivity contribution is 0.448. The van der Waals surface area contributed by atoms with Crippen LogP contribution in [-0.4, -0.2) is 9.55 Å². The van der Waals surface area contributed by atoms with Crippen LogP contribution in [0.15, 0.2) is 18.3 Å². The Kier molecular flexibility index (Phi) is 3.61. The van der Waals surface area contributed by atoms with Gasteiger partial charge < -0.3 is 9.88 Å². The summed E-state index contributed by atoms with van der Waals surface area (Å²) in [4.78, 5) is 4.35. The smallest absolute Gasteiger partial charge is 0.207 e. The van der Waals surface area contributed by atoms with E-state index in [1.54, 1.807) is 0 Å². The number of aromatic nitrogens is 2. The molecule has 6 heteroatoms. The Morgan fingerprint density at radius 2 is 1.76 bits per heavy atom. The second-order valence-corrected chi connectivity index (χ2v) is 5.43. The Balaban J connectivity index is 1.91. The normalized spacial score (nSPS) is 15.6. The number of rotatable bonds is 3. The number of nitrogens with zero attached hydrogens (tertiary/aromatic N) is 2. The van der Waals surface area contributed by atoms with Crippen molar-refractivity contribution in [2.75, 3.05) is 5.32 Å². The molecule has 3 nitrogen and oxygen atoms in total. The highest BCUT2D eigenvalue weighted by Crippen LogP contribution is 2.33. The first-order chi connectivity index (χ1) is 10.0. The Labute approximate surface area is 120 Å². The molecule has 1 heterocycles. The maximum absolute atomic E-state index is 13.3. The summed E-state index contributed by atoms with van der Waals surface area (Å²) in [5.41, 5.74) is 0.976. The van der Waals surface area contributed by atoms with E-state index in [-0.39, 0.29) is 5.69 Å².